The fourth-order valence-electron chi connectivity index (χ4n) is 2.28. The summed E-state index contributed by atoms with van der Waals surface area (Å²) in [5.41, 5.74) is 10.9. The van der Waals surface area contributed by atoms with Crippen molar-refractivity contribution < 1.29 is 0 Å². The highest BCUT2D eigenvalue weighted by Crippen LogP contribution is 2.26. The predicted molar refractivity (Wildman–Crippen MR) is 78.9 cm³/mol. The Hall–Kier alpha value is -2.42. The number of pyridine rings is 2. The highest BCUT2D eigenvalue weighted by Gasteiger charge is 2.05. The molecule has 0 amide bonds. The third-order valence-electron chi connectivity index (χ3n) is 3.25. The number of hydrogen-bond donors (Lipinski definition) is 1. The van der Waals surface area contributed by atoms with Crippen molar-refractivity contribution in [3.8, 4) is 11.1 Å². The summed E-state index contributed by atoms with van der Waals surface area (Å²) in [5, 5.41) is 1.14. The molecule has 0 aliphatic heterocycles. The van der Waals surface area contributed by atoms with E-state index in [9.17, 15) is 0 Å². The number of anilines is 1. The Morgan fingerprint density at radius 2 is 1.74 bits per heavy atom. The number of hydrogen-bond acceptors (Lipinski definition) is 3. The molecule has 2 aromatic heterocycles. The second kappa shape index (κ2) is 4.35. The molecule has 0 fully saturated rings. The third kappa shape index (κ3) is 2.15. The Balaban J connectivity index is 2.17. The largest absolute Gasteiger partial charge is 0.384 e. The van der Waals surface area contributed by atoms with Crippen LogP contribution in [-0.2, 0) is 0 Å². The molecule has 3 nitrogen and oxygen atoms in total. The number of aryl methyl sites for hydroxylation is 2. The van der Waals surface area contributed by atoms with Gasteiger partial charge in [-0.25, -0.2) is 4.98 Å². The molecule has 3 rings (SSSR count). The summed E-state index contributed by atoms with van der Waals surface area (Å²) in [6, 6.07) is 14.2. The lowest BCUT2D eigenvalue weighted by Crippen LogP contribution is -1.94. The van der Waals surface area contributed by atoms with Gasteiger partial charge in [0.25, 0.3) is 0 Å². The van der Waals surface area contributed by atoms with E-state index in [-0.39, 0.29) is 0 Å². The zero-order valence-corrected chi connectivity index (χ0v) is 11.0. The smallest absolute Gasteiger partial charge is 0.123 e. The molecular weight excluding hydrogens is 234 g/mol. The highest BCUT2D eigenvalue weighted by atomic mass is 14.8. The predicted octanol–water partition coefficient (Wildman–Crippen LogP) is 3.50. The fraction of sp³-hybridized carbons (Fsp3) is 0.125. The third-order valence-corrected chi connectivity index (χ3v) is 3.25. The Morgan fingerprint density at radius 3 is 2.53 bits per heavy atom. The van der Waals surface area contributed by atoms with Crippen LogP contribution in [0, 0.1) is 13.8 Å². The van der Waals surface area contributed by atoms with Crippen molar-refractivity contribution in [3.05, 3.63) is 53.9 Å². The lowest BCUT2D eigenvalue weighted by Gasteiger charge is -2.07. The first-order valence-electron chi connectivity index (χ1n) is 6.24. The van der Waals surface area contributed by atoms with Gasteiger partial charge < -0.3 is 5.73 Å². The first kappa shape index (κ1) is 11.7. The zero-order valence-electron chi connectivity index (χ0n) is 11.0. The van der Waals surface area contributed by atoms with Crippen molar-refractivity contribution in [2.75, 3.05) is 5.73 Å². The average Bonchev–Trinajstić information content (AvgIpc) is 2.38. The molecule has 0 saturated carbocycles. The van der Waals surface area contributed by atoms with Gasteiger partial charge in [-0.15, -0.1) is 0 Å². The quantitative estimate of drug-likeness (QED) is 0.718. The zero-order chi connectivity index (χ0) is 13.4. The molecule has 1 aromatic carbocycles. The lowest BCUT2D eigenvalue weighted by atomic mass is 10.0. The molecule has 3 heteroatoms. The van der Waals surface area contributed by atoms with Gasteiger partial charge in [-0.3, -0.25) is 4.98 Å². The Morgan fingerprint density at radius 1 is 0.895 bits per heavy atom. The molecule has 0 aliphatic rings. The van der Waals surface area contributed by atoms with Crippen molar-refractivity contribution in [3.63, 3.8) is 0 Å². The van der Waals surface area contributed by atoms with Crippen molar-refractivity contribution >= 4 is 16.7 Å². The minimum Gasteiger partial charge on any atom is -0.384 e. The monoisotopic (exact) mass is 249 g/mol. The molecule has 0 unspecified atom stereocenters. The van der Waals surface area contributed by atoms with E-state index in [0.717, 1.165) is 33.4 Å². The van der Waals surface area contributed by atoms with Gasteiger partial charge >= 0.3 is 0 Å². The van der Waals surface area contributed by atoms with E-state index >= 15 is 0 Å². The first-order chi connectivity index (χ1) is 9.13. The number of benzene rings is 1. The van der Waals surface area contributed by atoms with Gasteiger partial charge in [0.15, 0.2) is 0 Å². The summed E-state index contributed by atoms with van der Waals surface area (Å²) >= 11 is 0. The van der Waals surface area contributed by atoms with Gasteiger partial charge in [-0.05, 0) is 49.7 Å². The van der Waals surface area contributed by atoms with Crippen molar-refractivity contribution in [2.24, 2.45) is 0 Å². The van der Waals surface area contributed by atoms with Crippen LogP contribution >= 0.6 is 0 Å². The Labute approximate surface area is 112 Å². The van der Waals surface area contributed by atoms with Crippen LogP contribution in [0.3, 0.4) is 0 Å². The summed E-state index contributed by atoms with van der Waals surface area (Å²) in [4.78, 5) is 8.82. The molecule has 3 aromatic rings. The molecule has 94 valence electrons. The van der Waals surface area contributed by atoms with E-state index in [1.807, 2.05) is 38.1 Å². The van der Waals surface area contributed by atoms with E-state index < -0.39 is 0 Å². The van der Waals surface area contributed by atoms with Crippen LogP contribution in [0.5, 0.6) is 0 Å². The SMILES string of the molecule is Cc1ccc2cc(-c3ccc(N)nc3C)ccc2n1. The van der Waals surface area contributed by atoms with E-state index in [0.29, 0.717) is 5.82 Å². The van der Waals surface area contributed by atoms with Crippen LogP contribution in [0.15, 0.2) is 42.5 Å². The number of aromatic nitrogens is 2. The second-order valence-electron chi connectivity index (χ2n) is 4.73. The maximum Gasteiger partial charge on any atom is 0.123 e. The van der Waals surface area contributed by atoms with E-state index in [2.05, 4.69) is 28.2 Å². The highest BCUT2D eigenvalue weighted by molar-refractivity contribution is 5.85. The van der Waals surface area contributed by atoms with Crippen LogP contribution in [-0.4, -0.2) is 9.97 Å². The molecular formula is C16H15N3. The molecule has 2 N–H and O–H groups in total. The minimum absolute atomic E-state index is 0.555. The fourth-order valence-corrected chi connectivity index (χ4v) is 2.28. The number of rotatable bonds is 1. The van der Waals surface area contributed by atoms with Gasteiger partial charge in [0.2, 0.25) is 0 Å². The summed E-state index contributed by atoms with van der Waals surface area (Å²) in [7, 11) is 0. The van der Waals surface area contributed by atoms with Gasteiger partial charge in [0.1, 0.15) is 5.82 Å². The van der Waals surface area contributed by atoms with Gasteiger partial charge in [-0.1, -0.05) is 12.1 Å². The van der Waals surface area contributed by atoms with Crippen LogP contribution in [0.4, 0.5) is 5.82 Å². The number of nitrogens with two attached hydrogens (primary N) is 1. The number of fused-ring (bicyclic) bond motifs is 1. The van der Waals surface area contributed by atoms with Crippen LogP contribution < -0.4 is 5.73 Å². The summed E-state index contributed by atoms with van der Waals surface area (Å²) in [6.07, 6.45) is 0. The van der Waals surface area contributed by atoms with Gasteiger partial charge in [0.05, 0.1) is 5.52 Å². The molecule has 0 spiro atoms. The number of nitrogens with zero attached hydrogens (tertiary/aromatic N) is 2. The van der Waals surface area contributed by atoms with Crippen molar-refractivity contribution in [1.29, 1.82) is 0 Å². The molecule has 0 aliphatic carbocycles. The minimum atomic E-state index is 0.555. The molecule has 0 atom stereocenters. The first-order valence-corrected chi connectivity index (χ1v) is 6.24. The maximum absolute atomic E-state index is 5.69. The molecule has 2 heterocycles. The van der Waals surface area contributed by atoms with Crippen LogP contribution in [0.25, 0.3) is 22.0 Å². The van der Waals surface area contributed by atoms with Crippen LogP contribution in [0.2, 0.25) is 0 Å². The standard InChI is InChI=1S/C16H15N3/c1-10-3-4-13-9-12(5-7-15(13)18-10)14-6-8-16(17)19-11(14)2/h3-9H,1-2H3,(H2,17,19). The van der Waals surface area contributed by atoms with E-state index in [1.165, 1.54) is 0 Å². The maximum atomic E-state index is 5.69. The summed E-state index contributed by atoms with van der Waals surface area (Å²) in [5.74, 6) is 0.555. The Kier molecular flexibility index (Phi) is 2.67. The molecule has 0 radical (unpaired) electrons. The summed E-state index contributed by atoms with van der Waals surface area (Å²) < 4.78 is 0. The van der Waals surface area contributed by atoms with Gasteiger partial charge in [-0.2, -0.15) is 0 Å². The van der Waals surface area contributed by atoms with E-state index in [1.54, 1.807) is 0 Å². The Bertz CT molecular complexity index is 763. The van der Waals surface area contributed by atoms with Crippen LogP contribution in [0.1, 0.15) is 11.4 Å². The number of nitrogen functional groups attached to an aromatic ring is 1. The average molecular weight is 249 g/mol. The topological polar surface area (TPSA) is 51.8 Å². The lowest BCUT2D eigenvalue weighted by molar-refractivity contribution is 1.21. The molecule has 0 saturated heterocycles. The normalized spacial score (nSPS) is 10.8. The van der Waals surface area contributed by atoms with Gasteiger partial charge in [0, 0.05) is 22.3 Å². The molecule has 0 bridgehead atoms. The molecule has 19 heavy (non-hydrogen) atoms. The van der Waals surface area contributed by atoms with E-state index in [4.69, 9.17) is 5.73 Å². The second-order valence-corrected chi connectivity index (χ2v) is 4.73. The van der Waals surface area contributed by atoms with Crippen molar-refractivity contribution in [1.82, 2.24) is 9.97 Å². The van der Waals surface area contributed by atoms with Crippen molar-refractivity contribution in [2.45, 2.75) is 13.8 Å². The summed E-state index contributed by atoms with van der Waals surface area (Å²) in [6.45, 7) is 3.98.